The molecule has 0 unspecified atom stereocenters. The van der Waals surface area contributed by atoms with E-state index in [9.17, 15) is 14.9 Å². The Kier molecular flexibility index (Phi) is 5.45. The number of rotatable bonds is 6. The van der Waals surface area contributed by atoms with Crippen LogP contribution in [0.25, 0.3) is 11.3 Å². The first-order chi connectivity index (χ1) is 13.5. The Morgan fingerprint density at radius 2 is 1.75 bits per heavy atom. The largest absolute Gasteiger partial charge is 0.493 e. The lowest BCUT2D eigenvalue weighted by atomic mass is 10.1. The zero-order chi connectivity index (χ0) is 20.1. The van der Waals surface area contributed by atoms with Crippen LogP contribution in [0.5, 0.6) is 17.4 Å². The Morgan fingerprint density at radius 1 is 0.964 bits per heavy atom. The Labute approximate surface area is 159 Å². The van der Waals surface area contributed by atoms with E-state index < -0.39 is 10.9 Å². The maximum absolute atomic E-state index is 12.2. The van der Waals surface area contributed by atoms with Crippen molar-refractivity contribution in [2.45, 2.75) is 0 Å². The van der Waals surface area contributed by atoms with E-state index in [1.54, 1.807) is 31.4 Å². The summed E-state index contributed by atoms with van der Waals surface area (Å²) in [5.41, 5.74) is 1.11. The fourth-order valence-corrected chi connectivity index (χ4v) is 2.42. The second-order valence-electron chi connectivity index (χ2n) is 5.52. The average molecular weight is 381 g/mol. The van der Waals surface area contributed by atoms with Gasteiger partial charge in [0.05, 0.1) is 30.4 Å². The summed E-state index contributed by atoms with van der Waals surface area (Å²) in [6.45, 7) is 0. The summed E-state index contributed by atoms with van der Waals surface area (Å²) in [7, 11) is 3.08. The molecule has 0 radical (unpaired) electrons. The summed E-state index contributed by atoms with van der Waals surface area (Å²) in [5.74, 6) is 0.335. The molecule has 2 aromatic carbocycles. The molecule has 0 bridgehead atoms. The van der Waals surface area contributed by atoms with Crippen LogP contribution in [0.3, 0.4) is 0 Å². The molecule has 3 aromatic rings. The van der Waals surface area contributed by atoms with Gasteiger partial charge in [-0.15, -0.1) is 10.2 Å². The lowest BCUT2D eigenvalue weighted by Crippen LogP contribution is -2.10. The van der Waals surface area contributed by atoms with E-state index >= 15 is 0 Å². The molecule has 0 aliphatic rings. The predicted octanol–water partition coefficient (Wildman–Crippen LogP) is 3.29. The van der Waals surface area contributed by atoms with Crippen LogP contribution in [0.1, 0.15) is 10.4 Å². The van der Waals surface area contributed by atoms with E-state index in [-0.39, 0.29) is 17.1 Å². The Balaban J connectivity index is 1.77. The molecule has 0 atom stereocenters. The maximum atomic E-state index is 12.2. The minimum Gasteiger partial charge on any atom is -0.493 e. The van der Waals surface area contributed by atoms with Gasteiger partial charge >= 0.3 is 5.97 Å². The van der Waals surface area contributed by atoms with Crippen LogP contribution in [0.2, 0.25) is 0 Å². The van der Waals surface area contributed by atoms with Crippen LogP contribution < -0.4 is 14.2 Å². The number of nitrogens with zero attached hydrogens (tertiary/aromatic N) is 3. The number of aromatic nitrogens is 2. The van der Waals surface area contributed by atoms with Gasteiger partial charge in [0, 0.05) is 23.8 Å². The topological polar surface area (TPSA) is 114 Å². The van der Waals surface area contributed by atoms with Gasteiger partial charge in [0.1, 0.15) is 0 Å². The van der Waals surface area contributed by atoms with Crippen molar-refractivity contribution in [3.8, 4) is 28.6 Å². The summed E-state index contributed by atoms with van der Waals surface area (Å²) in [4.78, 5) is 22.4. The quantitative estimate of drug-likeness (QED) is 0.363. The molecule has 0 fully saturated rings. The molecule has 9 heteroatoms. The van der Waals surface area contributed by atoms with E-state index in [1.165, 1.54) is 31.4 Å². The molecule has 1 heterocycles. The average Bonchev–Trinajstić information content (AvgIpc) is 2.73. The van der Waals surface area contributed by atoms with Gasteiger partial charge in [-0.2, -0.15) is 0 Å². The number of hydrogen-bond acceptors (Lipinski definition) is 8. The van der Waals surface area contributed by atoms with Gasteiger partial charge in [-0.1, -0.05) is 6.07 Å². The number of benzene rings is 2. The number of non-ortho nitro benzene ring substituents is 1. The monoisotopic (exact) mass is 381 g/mol. The SMILES string of the molecule is COc1ccc(-c2ccc(OC(=O)c3cccc([N+](=O)[O-])c3)nn2)cc1OC. The first-order valence-electron chi connectivity index (χ1n) is 8.04. The third-order valence-electron chi connectivity index (χ3n) is 3.81. The van der Waals surface area contributed by atoms with Gasteiger partial charge < -0.3 is 14.2 Å². The molecule has 0 aliphatic heterocycles. The molecule has 3 rings (SSSR count). The van der Waals surface area contributed by atoms with Gasteiger partial charge in [-0.3, -0.25) is 10.1 Å². The summed E-state index contributed by atoms with van der Waals surface area (Å²) in [6, 6.07) is 13.6. The number of ether oxygens (including phenoxy) is 3. The number of methoxy groups -OCH3 is 2. The van der Waals surface area contributed by atoms with Gasteiger partial charge in [0.2, 0.25) is 5.88 Å². The second-order valence-corrected chi connectivity index (χ2v) is 5.52. The first-order valence-corrected chi connectivity index (χ1v) is 8.04. The Morgan fingerprint density at radius 3 is 2.39 bits per heavy atom. The zero-order valence-electron chi connectivity index (χ0n) is 15.0. The van der Waals surface area contributed by atoms with E-state index in [4.69, 9.17) is 14.2 Å². The Bertz CT molecular complexity index is 1020. The van der Waals surface area contributed by atoms with Crippen LogP contribution >= 0.6 is 0 Å². The van der Waals surface area contributed by atoms with Crippen molar-refractivity contribution in [1.29, 1.82) is 0 Å². The summed E-state index contributed by atoms with van der Waals surface area (Å²) in [5, 5.41) is 18.7. The van der Waals surface area contributed by atoms with Gasteiger partial charge in [0.15, 0.2) is 11.5 Å². The van der Waals surface area contributed by atoms with Crippen molar-refractivity contribution in [1.82, 2.24) is 10.2 Å². The number of esters is 1. The summed E-state index contributed by atoms with van der Waals surface area (Å²) < 4.78 is 15.6. The minimum atomic E-state index is -0.767. The molecule has 142 valence electrons. The standard InChI is InChI=1S/C19H15N3O6/c1-26-16-8-6-12(11-17(16)27-2)15-7-9-18(21-20-15)28-19(23)13-4-3-5-14(10-13)22(24)25/h3-11H,1-2H3. The zero-order valence-corrected chi connectivity index (χ0v) is 15.0. The van der Waals surface area contributed by atoms with Gasteiger partial charge in [-0.25, -0.2) is 4.79 Å². The van der Waals surface area contributed by atoms with Crippen molar-refractivity contribution >= 4 is 11.7 Å². The third kappa shape index (κ3) is 4.04. The number of nitro benzene ring substituents is 1. The van der Waals surface area contributed by atoms with Crippen LogP contribution in [0.15, 0.2) is 54.6 Å². The molecule has 0 saturated carbocycles. The van der Waals surface area contributed by atoms with Crippen molar-refractivity contribution in [3.63, 3.8) is 0 Å². The molecular formula is C19H15N3O6. The molecular weight excluding hydrogens is 366 g/mol. The second kappa shape index (κ2) is 8.12. The molecule has 0 spiro atoms. The van der Waals surface area contributed by atoms with Gasteiger partial charge in [0.25, 0.3) is 5.69 Å². The molecule has 28 heavy (non-hydrogen) atoms. The summed E-state index contributed by atoms with van der Waals surface area (Å²) >= 11 is 0. The van der Waals surface area contributed by atoms with Crippen molar-refractivity contribution < 1.29 is 23.9 Å². The molecule has 0 amide bonds. The minimum absolute atomic E-state index is 0.0271. The lowest BCUT2D eigenvalue weighted by molar-refractivity contribution is -0.384. The van der Waals surface area contributed by atoms with Crippen LogP contribution in [0, 0.1) is 10.1 Å². The molecule has 9 nitrogen and oxygen atoms in total. The van der Waals surface area contributed by atoms with Crippen molar-refractivity contribution in [2.75, 3.05) is 14.2 Å². The van der Waals surface area contributed by atoms with Gasteiger partial charge in [-0.05, 0) is 30.3 Å². The smallest absolute Gasteiger partial charge is 0.345 e. The lowest BCUT2D eigenvalue weighted by Gasteiger charge is -2.09. The highest BCUT2D eigenvalue weighted by Crippen LogP contribution is 2.31. The van der Waals surface area contributed by atoms with E-state index in [1.807, 2.05) is 0 Å². The third-order valence-corrected chi connectivity index (χ3v) is 3.81. The fraction of sp³-hybridized carbons (Fsp3) is 0.105. The molecule has 0 N–H and O–H groups in total. The van der Waals surface area contributed by atoms with Crippen LogP contribution in [-0.2, 0) is 0 Å². The van der Waals surface area contributed by atoms with Crippen LogP contribution in [0.4, 0.5) is 5.69 Å². The number of nitro groups is 1. The Hall–Kier alpha value is -4.01. The van der Waals surface area contributed by atoms with Crippen LogP contribution in [-0.4, -0.2) is 35.3 Å². The predicted molar refractivity (Wildman–Crippen MR) is 98.6 cm³/mol. The van der Waals surface area contributed by atoms with E-state index in [0.29, 0.717) is 17.2 Å². The van der Waals surface area contributed by atoms with Crippen molar-refractivity contribution in [2.24, 2.45) is 0 Å². The summed E-state index contributed by atoms with van der Waals surface area (Å²) in [6.07, 6.45) is 0. The highest BCUT2D eigenvalue weighted by atomic mass is 16.6. The number of hydrogen-bond donors (Lipinski definition) is 0. The first kappa shape index (κ1) is 18.8. The van der Waals surface area contributed by atoms with E-state index in [2.05, 4.69) is 10.2 Å². The highest BCUT2D eigenvalue weighted by Gasteiger charge is 2.15. The number of carbonyl (C=O) groups excluding carboxylic acids is 1. The molecule has 0 aliphatic carbocycles. The number of carbonyl (C=O) groups is 1. The van der Waals surface area contributed by atoms with Crippen molar-refractivity contribution in [3.05, 3.63) is 70.3 Å². The molecule has 0 saturated heterocycles. The fourth-order valence-electron chi connectivity index (χ4n) is 2.42. The van der Waals surface area contributed by atoms with E-state index in [0.717, 1.165) is 11.6 Å². The normalized spacial score (nSPS) is 10.2. The maximum Gasteiger partial charge on any atom is 0.345 e. The molecule has 1 aromatic heterocycles. The highest BCUT2D eigenvalue weighted by molar-refractivity contribution is 5.91.